The Balaban J connectivity index is 2.28. The average molecular weight is 227 g/mol. The predicted molar refractivity (Wildman–Crippen MR) is 55.6 cm³/mol. The van der Waals surface area contributed by atoms with Gasteiger partial charge in [0.1, 0.15) is 6.33 Å². The third-order valence-electron chi connectivity index (χ3n) is 2.74. The molecule has 0 aliphatic carbocycles. The van der Waals surface area contributed by atoms with E-state index >= 15 is 0 Å². The molecule has 0 aromatic carbocycles. The van der Waals surface area contributed by atoms with Crippen LogP contribution in [0.25, 0.3) is 0 Å². The first kappa shape index (κ1) is 11.2. The molecule has 2 atom stereocenters. The predicted octanol–water partition coefficient (Wildman–Crippen LogP) is -0.280. The van der Waals surface area contributed by atoms with E-state index in [1.165, 1.54) is 11.2 Å². The molecule has 1 fully saturated rings. The molecule has 1 aromatic rings. The van der Waals surface area contributed by atoms with Gasteiger partial charge in [0.05, 0.1) is 17.9 Å². The standard InChI is InChI=1S/C10H14FN3O2/c1-2-6-9(11)10(13-5-12-6)14-3-7(15)8(16)4-14/h5,7-8,15-16H,2-4H2,1H3. The fraction of sp³-hybridized carbons (Fsp3) is 0.600. The first-order valence-corrected chi connectivity index (χ1v) is 5.24. The lowest BCUT2D eigenvalue weighted by Crippen LogP contribution is -2.24. The molecule has 0 amide bonds. The van der Waals surface area contributed by atoms with Crippen LogP contribution in [0.3, 0.4) is 0 Å². The van der Waals surface area contributed by atoms with Crippen molar-refractivity contribution < 1.29 is 14.6 Å². The van der Waals surface area contributed by atoms with Gasteiger partial charge < -0.3 is 15.1 Å². The molecular formula is C10H14FN3O2. The molecule has 1 aromatic heterocycles. The van der Waals surface area contributed by atoms with E-state index in [4.69, 9.17) is 0 Å². The van der Waals surface area contributed by atoms with Gasteiger partial charge in [-0.15, -0.1) is 0 Å². The number of hydrogen-bond acceptors (Lipinski definition) is 5. The lowest BCUT2D eigenvalue weighted by Gasteiger charge is -2.17. The third kappa shape index (κ3) is 1.85. The van der Waals surface area contributed by atoms with Crippen LogP contribution in [0, 0.1) is 5.82 Å². The number of aromatic nitrogens is 2. The SMILES string of the molecule is CCc1ncnc(N2CC(O)C(O)C2)c1F. The molecule has 6 heteroatoms. The van der Waals surface area contributed by atoms with E-state index in [-0.39, 0.29) is 18.9 Å². The van der Waals surface area contributed by atoms with Crippen molar-refractivity contribution in [3.63, 3.8) is 0 Å². The highest BCUT2D eigenvalue weighted by molar-refractivity contribution is 5.43. The second kappa shape index (κ2) is 4.31. The van der Waals surface area contributed by atoms with Crippen molar-refractivity contribution in [2.75, 3.05) is 18.0 Å². The van der Waals surface area contributed by atoms with Crippen molar-refractivity contribution in [2.24, 2.45) is 0 Å². The van der Waals surface area contributed by atoms with Crippen molar-refractivity contribution in [3.05, 3.63) is 17.8 Å². The normalized spacial score (nSPS) is 25.1. The largest absolute Gasteiger partial charge is 0.389 e. The number of hydrogen-bond donors (Lipinski definition) is 2. The molecule has 1 saturated heterocycles. The van der Waals surface area contributed by atoms with E-state index in [2.05, 4.69) is 9.97 Å². The second-order valence-corrected chi connectivity index (χ2v) is 3.85. The summed E-state index contributed by atoms with van der Waals surface area (Å²) in [4.78, 5) is 9.22. The van der Waals surface area contributed by atoms with Gasteiger partial charge in [0.25, 0.3) is 0 Å². The summed E-state index contributed by atoms with van der Waals surface area (Å²) in [5.41, 5.74) is 0.348. The number of nitrogens with zero attached hydrogens (tertiary/aromatic N) is 3. The van der Waals surface area contributed by atoms with Gasteiger partial charge >= 0.3 is 0 Å². The van der Waals surface area contributed by atoms with Crippen LogP contribution in [-0.4, -0.2) is 45.5 Å². The maximum atomic E-state index is 13.8. The average Bonchev–Trinajstić information content (AvgIpc) is 2.59. The fourth-order valence-corrected chi connectivity index (χ4v) is 1.81. The van der Waals surface area contributed by atoms with Gasteiger partial charge in [0, 0.05) is 13.1 Å². The molecule has 2 unspecified atom stereocenters. The zero-order valence-electron chi connectivity index (χ0n) is 8.97. The fourth-order valence-electron chi connectivity index (χ4n) is 1.81. The number of aryl methyl sites for hydroxylation is 1. The highest BCUT2D eigenvalue weighted by Crippen LogP contribution is 2.22. The third-order valence-corrected chi connectivity index (χ3v) is 2.74. The van der Waals surface area contributed by atoms with E-state index < -0.39 is 18.0 Å². The quantitative estimate of drug-likeness (QED) is 0.727. The van der Waals surface area contributed by atoms with Crippen molar-refractivity contribution in [2.45, 2.75) is 25.6 Å². The molecule has 1 aliphatic heterocycles. The van der Waals surface area contributed by atoms with Crippen LogP contribution in [0.4, 0.5) is 10.2 Å². The second-order valence-electron chi connectivity index (χ2n) is 3.85. The summed E-state index contributed by atoms with van der Waals surface area (Å²) < 4.78 is 13.8. The van der Waals surface area contributed by atoms with Crippen LogP contribution in [0.15, 0.2) is 6.33 Å². The first-order chi connectivity index (χ1) is 7.63. The molecule has 1 aliphatic rings. The molecule has 2 heterocycles. The Hall–Kier alpha value is -1.27. The van der Waals surface area contributed by atoms with Crippen molar-refractivity contribution in [1.82, 2.24) is 9.97 Å². The van der Waals surface area contributed by atoms with Crippen molar-refractivity contribution in [3.8, 4) is 0 Å². The Kier molecular flexibility index (Phi) is 3.02. The minimum Gasteiger partial charge on any atom is -0.389 e. The van der Waals surface area contributed by atoms with Crippen LogP contribution < -0.4 is 4.90 Å². The Morgan fingerprint density at radius 2 is 2.00 bits per heavy atom. The number of β-amino-alcohol motifs (C(OH)–C–C–N with tert-alkyl or cyclic N) is 2. The van der Waals surface area contributed by atoms with Crippen molar-refractivity contribution in [1.29, 1.82) is 0 Å². The highest BCUT2D eigenvalue weighted by Gasteiger charge is 2.32. The van der Waals surface area contributed by atoms with Crippen LogP contribution in [-0.2, 0) is 6.42 Å². The van der Waals surface area contributed by atoms with Crippen LogP contribution in [0.5, 0.6) is 0 Å². The minimum absolute atomic E-state index is 0.155. The summed E-state index contributed by atoms with van der Waals surface area (Å²) in [5, 5.41) is 18.8. The zero-order valence-corrected chi connectivity index (χ0v) is 8.97. The van der Waals surface area contributed by atoms with Crippen LogP contribution in [0.1, 0.15) is 12.6 Å². The number of aliphatic hydroxyl groups is 2. The smallest absolute Gasteiger partial charge is 0.187 e. The summed E-state index contributed by atoms with van der Waals surface area (Å²) in [6.07, 6.45) is 0.0909. The minimum atomic E-state index is -0.848. The highest BCUT2D eigenvalue weighted by atomic mass is 19.1. The van der Waals surface area contributed by atoms with Gasteiger partial charge in [0.2, 0.25) is 0 Å². The maximum Gasteiger partial charge on any atom is 0.187 e. The van der Waals surface area contributed by atoms with Gasteiger partial charge in [-0.3, -0.25) is 0 Å². The summed E-state index contributed by atoms with van der Waals surface area (Å²) in [6.45, 7) is 2.19. The molecular weight excluding hydrogens is 213 g/mol. The zero-order chi connectivity index (χ0) is 11.7. The Labute approximate surface area is 92.6 Å². The van der Waals surface area contributed by atoms with Crippen LogP contribution in [0.2, 0.25) is 0 Å². The van der Waals surface area contributed by atoms with E-state index in [1.807, 2.05) is 6.92 Å². The molecule has 0 radical (unpaired) electrons. The van der Waals surface area contributed by atoms with Gasteiger partial charge in [-0.2, -0.15) is 0 Å². The number of halogens is 1. The lowest BCUT2D eigenvalue weighted by molar-refractivity contribution is 0.0572. The molecule has 0 saturated carbocycles. The van der Waals surface area contributed by atoms with E-state index in [1.54, 1.807) is 0 Å². The Morgan fingerprint density at radius 1 is 1.38 bits per heavy atom. The Morgan fingerprint density at radius 3 is 2.56 bits per heavy atom. The molecule has 2 N–H and O–H groups in total. The topological polar surface area (TPSA) is 69.5 Å². The molecule has 5 nitrogen and oxygen atoms in total. The van der Waals surface area contributed by atoms with Gasteiger partial charge in [-0.1, -0.05) is 6.92 Å². The summed E-state index contributed by atoms with van der Waals surface area (Å²) in [5.74, 6) is -0.311. The first-order valence-electron chi connectivity index (χ1n) is 5.24. The summed E-state index contributed by atoms with van der Waals surface area (Å²) in [6, 6.07) is 0. The number of rotatable bonds is 2. The lowest BCUT2D eigenvalue weighted by atomic mass is 10.3. The molecule has 2 rings (SSSR count). The maximum absolute atomic E-state index is 13.8. The summed E-state index contributed by atoms with van der Waals surface area (Å²) >= 11 is 0. The van der Waals surface area contributed by atoms with Gasteiger partial charge in [0.15, 0.2) is 11.6 Å². The van der Waals surface area contributed by atoms with E-state index in [0.29, 0.717) is 12.1 Å². The number of anilines is 1. The van der Waals surface area contributed by atoms with E-state index in [9.17, 15) is 14.6 Å². The number of aliphatic hydroxyl groups excluding tert-OH is 2. The summed E-state index contributed by atoms with van der Waals surface area (Å²) in [7, 11) is 0. The monoisotopic (exact) mass is 227 g/mol. The molecule has 0 bridgehead atoms. The van der Waals surface area contributed by atoms with E-state index in [0.717, 1.165) is 0 Å². The molecule has 0 spiro atoms. The molecule has 16 heavy (non-hydrogen) atoms. The van der Waals surface area contributed by atoms with Gasteiger partial charge in [-0.05, 0) is 6.42 Å². The Bertz CT molecular complexity index is 378. The van der Waals surface area contributed by atoms with Gasteiger partial charge in [-0.25, -0.2) is 14.4 Å². The van der Waals surface area contributed by atoms with Crippen LogP contribution >= 0.6 is 0 Å². The van der Waals surface area contributed by atoms with Crippen molar-refractivity contribution >= 4 is 5.82 Å². The molecule has 88 valence electrons.